The SMILES string of the molecule is CN(Cc1ccccn1)c1ccc([N+](=O)[O-])cc1CCl. The minimum Gasteiger partial charge on any atom is -0.368 e. The van der Waals surface area contributed by atoms with E-state index in [9.17, 15) is 10.1 Å². The molecule has 0 atom stereocenters. The number of nitro groups is 1. The van der Waals surface area contributed by atoms with Gasteiger partial charge in [-0.2, -0.15) is 0 Å². The number of aromatic nitrogens is 1. The number of hydrogen-bond acceptors (Lipinski definition) is 4. The van der Waals surface area contributed by atoms with Crippen molar-refractivity contribution in [2.75, 3.05) is 11.9 Å². The molecule has 0 radical (unpaired) electrons. The van der Waals surface area contributed by atoms with Crippen LogP contribution < -0.4 is 4.90 Å². The van der Waals surface area contributed by atoms with Crippen LogP contribution in [0.3, 0.4) is 0 Å². The molecule has 0 saturated carbocycles. The molecule has 0 aliphatic rings. The molecule has 0 N–H and O–H groups in total. The molecule has 5 nitrogen and oxygen atoms in total. The molecule has 0 bridgehead atoms. The van der Waals surface area contributed by atoms with E-state index in [1.165, 1.54) is 12.1 Å². The Morgan fingerprint density at radius 2 is 2.15 bits per heavy atom. The Labute approximate surface area is 122 Å². The molecule has 0 fully saturated rings. The second-order valence-electron chi connectivity index (χ2n) is 4.38. The molecule has 2 aromatic rings. The van der Waals surface area contributed by atoms with E-state index in [2.05, 4.69) is 4.98 Å². The van der Waals surface area contributed by atoms with Crippen LogP contribution in [-0.2, 0) is 12.4 Å². The maximum Gasteiger partial charge on any atom is 0.269 e. The van der Waals surface area contributed by atoms with Crippen LogP contribution in [0, 0.1) is 10.1 Å². The molecule has 0 aliphatic carbocycles. The number of halogens is 1. The number of nitrogens with zero attached hydrogens (tertiary/aromatic N) is 3. The number of non-ortho nitro benzene ring substituents is 1. The predicted octanol–water partition coefficient (Wildman–Crippen LogP) is 3.37. The number of rotatable bonds is 5. The first-order valence-corrected chi connectivity index (χ1v) is 6.59. The fraction of sp³-hybridized carbons (Fsp3) is 0.214. The number of nitro benzene ring substituents is 1. The molecule has 0 aliphatic heterocycles. The van der Waals surface area contributed by atoms with Crippen molar-refractivity contribution in [3.63, 3.8) is 0 Å². The second kappa shape index (κ2) is 6.34. The normalized spacial score (nSPS) is 10.3. The average molecular weight is 292 g/mol. The lowest BCUT2D eigenvalue weighted by atomic mass is 10.1. The molecular weight excluding hydrogens is 278 g/mol. The maximum absolute atomic E-state index is 10.8. The highest BCUT2D eigenvalue weighted by Gasteiger charge is 2.13. The highest BCUT2D eigenvalue weighted by molar-refractivity contribution is 6.17. The average Bonchev–Trinajstić information content (AvgIpc) is 2.47. The van der Waals surface area contributed by atoms with Gasteiger partial charge in [0.1, 0.15) is 0 Å². The van der Waals surface area contributed by atoms with Crippen molar-refractivity contribution in [2.24, 2.45) is 0 Å². The Morgan fingerprint density at radius 1 is 1.35 bits per heavy atom. The Hall–Kier alpha value is -2.14. The predicted molar refractivity (Wildman–Crippen MR) is 79.0 cm³/mol. The second-order valence-corrected chi connectivity index (χ2v) is 4.65. The van der Waals surface area contributed by atoms with Gasteiger partial charge < -0.3 is 4.90 Å². The standard InChI is InChI=1S/C14H14ClN3O2/c1-17(10-12-4-2-3-7-16-12)14-6-5-13(18(19)20)8-11(14)9-15/h2-8H,9-10H2,1H3. The molecule has 0 saturated heterocycles. The first-order valence-electron chi connectivity index (χ1n) is 6.06. The maximum atomic E-state index is 10.8. The van der Waals surface area contributed by atoms with Crippen LogP contribution in [0.1, 0.15) is 11.3 Å². The summed E-state index contributed by atoms with van der Waals surface area (Å²) in [6, 6.07) is 10.4. The Balaban J connectivity index is 2.25. The van der Waals surface area contributed by atoms with Gasteiger partial charge in [-0.3, -0.25) is 15.1 Å². The lowest BCUT2D eigenvalue weighted by Gasteiger charge is -2.21. The fourth-order valence-electron chi connectivity index (χ4n) is 1.98. The number of alkyl halides is 1. The van der Waals surface area contributed by atoms with Crippen LogP contribution in [0.4, 0.5) is 11.4 Å². The van der Waals surface area contributed by atoms with Crippen molar-refractivity contribution < 1.29 is 4.92 Å². The van der Waals surface area contributed by atoms with Gasteiger partial charge in [0, 0.05) is 36.9 Å². The fourth-order valence-corrected chi connectivity index (χ4v) is 2.20. The van der Waals surface area contributed by atoms with Crippen molar-refractivity contribution in [2.45, 2.75) is 12.4 Å². The lowest BCUT2D eigenvalue weighted by Crippen LogP contribution is -2.18. The van der Waals surface area contributed by atoms with Crippen LogP contribution in [0.2, 0.25) is 0 Å². The molecular formula is C14H14ClN3O2. The van der Waals surface area contributed by atoms with E-state index in [0.29, 0.717) is 6.54 Å². The summed E-state index contributed by atoms with van der Waals surface area (Å²) in [5, 5.41) is 10.8. The van der Waals surface area contributed by atoms with Gasteiger partial charge in [0.2, 0.25) is 0 Å². The molecule has 0 spiro atoms. The van der Waals surface area contributed by atoms with E-state index in [0.717, 1.165) is 16.9 Å². The van der Waals surface area contributed by atoms with Crippen molar-refractivity contribution >= 4 is 23.0 Å². The molecule has 0 amide bonds. The van der Waals surface area contributed by atoms with Crippen molar-refractivity contribution in [1.29, 1.82) is 0 Å². The minimum absolute atomic E-state index is 0.0515. The van der Waals surface area contributed by atoms with Crippen molar-refractivity contribution in [3.8, 4) is 0 Å². The van der Waals surface area contributed by atoms with Gasteiger partial charge >= 0.3 is 0 Å². The highest BCUT2D eigenvalue weighted by Crippen LogP contribution is 2.27. The topological polar surface area (TPSA) is 59.3 Å². The summed E-state index contributed by atoms with van der Waals surface area (Å²) in [6.45, 7) is 0.614. The number of hydrogen-bond donors (Lipinski definition) is 0. The third-order valence-electron chi connectivity index (χ3n) is 2.95. The van der Waals surface area contributed by atoms with Gasteiger partial charge in [0.05, 0.1) is 17.2 Å². The zero-order valence-corrected chi connectivity index (χ0v) is 11.7. The van der Waals surface area contributed by atoms with E-state index in [1.807, 2.05) is 30.1 Å². The summed E-state index contributed by atoms with van der Waals surface area (Å²) in [4.78, 5) is 16.6. The summed E-state index contributed by atoms with van der Waals surface area (Å²) in [6.07, 6.45) is 1.74. The van der Waals surface area contributed by atoms with Crippen LogP contribution >= 0.6 is 11.6 Å². The number of anilines is 1. The van der Waals surface area contributed by atoms with Crippen molar-refractivity contribution in [1.82, 2.24) is 4.98 Å². The van der Waals surface area contributed by atoms with Crippen LogP contribution in [0.5, 0.6) is 0 Å². The largest absolute Gasteiger partial charge is 0.368 e. The monoisotopic (exact) mass is 291 g/mol. The summed E-state index contributed by atoms with van der Waals surface area (Å²) in [5.41, 5.74) is 2.58. The van der Waals surface area contributed by atoms with Gasteiger partial charge in [0.15, 0.2) is 0 Å². The number of pyridine rings is 1. The van der Waals surface area contributed by atoms with E-state index >= 15 is 0 Å². The third-order valence-corrected chi connectivity index (χ3v) is 3.24. The molecule has 0 unspecified atom stereocenters. The summed E-state index contributed by atoms with van der Waals surface area (Å²) in [7, 11) is 1.91. The van der Waals surface area contributed by atoms with Gasteiger partial charge in [-0.05, 0) is 23.8 Å². The molecule has 104 valence electrons. The van der Waals surface area contributed by atoms with Crippen LogP contribution in [-0.4, -0.2) is 17.0 Å². The van der Waals surface area contributed by atoms with Crippen molar-refractivity contribution in [3.05, 3.63) is 64.0 Å². The smallest absolute Gasteiger partial charge is 0.269 e. The molecule has 20 heavy (non-hydrogen) atoms. The summed E-state index contributed by atoms with van der Waals surface area (Å²) in [5.74, 6) is 0.226. The summed E-state index contributed by atoms with van der Waals surface area (Å²) < 4.78 is 0. The van der Waals surface area contributed by atoms with E-state index in [4.69, 9.17) is 11.6 Å². The van der Waals surface area contributed by atoms with Gasteiger partial charge in [-0.25, -0.2) is 0 Å². The van der Waals surface area contributed by atoms with Gasteiger partial charge in [-0.1, -0.05) is 6.07 Å². The Bertz CT molecular complexity index is 605. The van der Waals surface area contributed by atoms with E-state index < -0.39 is 4.92 Å². The molecule has 2 rings (SSSR count). The summed E-state index contributed by atoms with van der Waals surface area (Å²) >= 11 is 5.89. The number of benzene rings is 1. The molecule has 1 heterocycles. The Morgan fingerprint density at radius 3 is 2.75 bits per heavy atom. The van der Waals surface area contributed by atoms with Gasteiger partial charge in [-0.15, -0.1) is 11.6 Å². The zero-order valence-electron chi connectivity index (χ0n) is 11.0. The minimum atomic E-state index is -0.418. The van der Waals surface area contributed by atoms with Crippen LogP contribution in [0.25, 0.3) is 0 Å². The lowest BCUT2D eigenvalue weighted by molar-refractivity contribution is -0.384. The van der Waals surface area contributed by atoms with E-state index in [-0.39, 0.29) is 11.6 Å². The van der Waals surface area contributed by atoms with Gasteiger partial charge in [0.25, 0.3) is 5.69 Å². The third kappa shape index (κ3) is 3.24. The highest BCUT2D eigenvalue weighted by atomic mass is 35.5. The van der Waals surface area contributed by atoms with Crippen LogP contribution in [0.15, 0.2) is 42.6 Å². The Kier molecular flexibility index (Phi) is 4.53. The first-order chi connectivity index (χ1) is 9.61. The molecule has 1 aromatic heterocycles. The van der Waals surface area contributed by atoms with E-state index in [1.54, 1.807) is 12.3 Å². The zero-order chi connectivity index (χ0) is 14.5. The molecule has 6 heteroatoms. The first kappa shape index (κ1) is 14.3. The molecule has 1 aromatic carbocycles. The quantitative estimate of drug-likeness (QED) is 0.481.